The van der Waals surface area contributed by atoms with Crippen molar-refractivity contribution in [2.45, 2.75) is 31.4 Å². The van der Waals surface area contributed by atoms with Crippen LogP contribution in [-0.4, -0.2) is 56.4 Å². The highest BCUT2D eigenvalue weighted by atomic mass is 16.5. The number of hydrogen-bond acceptors (Lipinski definition) is 5. The highest BCUT2D eigenvalue weighted by Gasteiger charge is 2.23. The number of benzene rings is 1. The first-order chi connectivity index (χ1) is 11.5. The Labute approximate surface area is 142 Å². The van der Waals surface area contributed by atoms with Gasteiger partial charge in [-0.15, -0.1) is 0 Å². The predicted octanol–water partition coefficient (Wildman–Crippen LogP) is 1.30. The maximum Gasteiger partial charge on any atom is 0.321 e. The highest BCUT2D eigenvalue weighted by molar-refractivity contribution is 5.94. The molecule has 1 aromatic rings. The minimum Gasteiger partial charge on any atom is -0.480 e. The molecule has 0 unspecified atom stereocenters. The van der Waals surface area contributed by atoms with Crippen molar-refractivity contribution in [1.29, 1.82) is 0 Å². The topological polar surface area (TPSA) is 90.9 Å². The zero-order valence-electron chi connectivity index (χ0n) is 14.1. The third-order valence-corrected chi connectivity index (χ3v) is 3.97. The molecule has 7 nitrogen and oxygen atoms in total. The molecule has 1 aromatic carbocycles. The van der Waals surface area contributed by atoms with Crippen molar-refractivity contribution in [3.05, 3.63) is 24.3 Å². The minimum absolute atomic E-state index is 0.0356. The molecule has 132 valence electrons. The maximum absolute atomic E-state index is 12.1. The Hall–Kier alpha value is -2.12. The SMILES string of the molecule is CN(C)c1ccc(NC(=O)C[C@@H](NC[C@@H]2CCCO2)C(=O)O)cc1. The molecular weight excluding hydrogens is 310 g/mol. The van der Waals surface area contributed by atoms with Gasteiger partial charge < -0.3 is 25.4 Å². The second-order valence-electron chi connectivity index (χ2n) is 6.13. The lowest BCUT2D eigenvalue weighted by Gasteiger charge is -2.17. The summed E-state index contributed by atoms with van der Waals surface area (Å²) < 4.78 is 5.45. The van der Waals surface area contributed by atoms with Gasteiger partial charge in [0.05, 0.1) is 12.5 Å². The Bertz CT molecular complexity index is 553. The van der Waals surface area contributed by atoms with E-state index in [9.17, 15) is 14.7 Å². The highest BCUT2D eigenvalue weighted by Crippen LogP contribution is 2.16. The molecule has 0 radical (unpaired) electrons. The Morgan fingerprint density at radius 3 is 2.58 bits per heavy atom. The molecule has 0 aromatic heterocycles. The van der Waals surface area contributed by atoms with E-state index in [1.54, 1.807) is 12.1 Å². The Kier molecular flexibility index (Phi) is 6.57. The lowest BCUT2D eigenvalue weighted by molar-refractivity contribution is -0.141. The normalized spacial score (nSPS) is 18.2. The Balaban J connectivity index is 1.84. The Morgan fingerprint density at radius 2 is 2.04 bits per heavy atom. The fourth-order valence-corrected chi connectivity index (χ4v) is 2.57. The van der Waals surface area contributed by atoms with E-state index < -0.39 is 12.0 Å². The van der Waals surface area contributed by atoms with Crippen molar-refractivity contribution in [3.8, 4) is 0 Å². The van der Waals surface area contributed by atoms with Crippen molar-refractivity contribution in [1.82, 2.24) is 5.32 Å². The van der Waals surface area contributed by atoms with Crippen LogP contribution in [0.2, 0.25) is 0 Å². The van der Waals surface area contributed by atoms with E-state index in [0.29, 0.717) is 18.8 Å². The number of carbonyl (C=O) groups is 2. The summed E-state index contributed by atoms with van der Waals surface area (Å²) in [6.07, 6.45) is 1.82. The zero-order chi connectivity index (χ0) is 17.5. The van der Waals surface area contributed by atoms with Crippen LogP contribution in [0.15, 0.2) is 24.3 Å². The van der Waals surface area contributed by atoms with Crippen molar-refractivity contribution in [3.63, 3.8) is 0 Å². The van der Waals surface area contributed by atoms with Gasteiger partial charge in [-0.1, -0.05) is 0 Å². The van der Waals surface area contributed by atoms with Gasteiger partial charge >= 0.3 is 5.97 Å². The second-order valence-corrected chi connectivity index (χ2v) is 6.13. The van der Waals surface area contributed by atoms with Gasteiger partial charge in [0.25, 0.3) is 0 Å². The van der Waals surface area contributed by atoms with Crippen LogP contribution < -0.4 is 15.5 Å². The van der Waals surface area contributed by atoms with Crippen LogP contribution in [-0.2, 0) is 14.3 Å². The van der Waals surface area contributed by atoms with Crippen molar-refractivity contribution < 1.29 is 19.4 Å². The summed E-state index contributed by atoms with van der Waals surface area (Å²) in [4.78, 5) is 25.4. The number of nitrogens with one attached hydrogen (secondary N) is 2. The van der Waals surface area contributed by atoms with Crippen LogP contribution in [0.5, 0.6) is 0 Å². The van der Waals surface area contributed by atoms with Gasteiger partial charge in [-0.3, -0.25) is 9.59 Å². The van der Waals surface area contributed by atoms with Crippen LogP contribution in [0.1, 0.15) is 19.3 Å². The molecule has 2 atom stereocenters. The molecule has 7 heteroatoms. The molecule has 0 bridgehead atoms. The van der Waals surface area contributed by atoms with Gasteiger partial charge in [0.1, 0.15) is 6.04 Å². The van der Waals surface area contributed by atoms with E-state index in [0.717, 1.165) is 18.5 Å². The quantitative estimate of drug-likeness (QED) is 0.663. The molecule has 3 N–H and O–H groups in total. The molecule has 1 fully saturated rings. The van der Waals surface area contributed by atoms with Crippen molar-refractivity contribution in [2.75, 3.05) is 37.5 Å². The molecule has 1 aliphatic rings. The summed E-state index contributed by atoms with van der Waals surface area (Å²) in [5, 5.41) is 14.9. The molecular formula is C17H25N3O4. The number of rotatable bonds is 8. The number of amides is 1. The molecule has 1 aliphatic heterocycles. The number of carbonyl (C=O) groups excluding carboxylic acids is 1. The summed E-state index contributed by atoms with van der Waals surface area (Å²) in [6.45, 7) is 1.16. The number of hydrogen-bond donors (Lipinski definition) is 3. The maximum atomic E-state index is 12.1. The first-order valence-corrected chi connectivity index (χ1v) is 8.10. The first kappa shape index (κ1) is 18.2. The number of nitrogens with zero attached hydrogens (tertiary/aromatic N) is 1. The van der Waals surface area contributed by atoms with E-state index in [1.165, 1.54) is 0 Å². The molecule has 0 spiro atoms. The average Bonchev–Trinajstić information content (AvgIpc) is 3.05. The Morgan fingerprint density at radius 1 is 1.33 bits per heavy atom. The molecule has 0 aliphatic carbocycles. The number of ether oxygens (including phenoxy) is 1. The van der Waals surface area contributed by atoms with Crippen molar-refractivity contribution in [2.24, 2.45) is 0 Å². The third-order valence-electron chi connectivity index (χ3n) is 3.97. The summed E-state index contributed by atoms with van der Waals surface area (Å²) in [5.41, 5.74) is 1.67. The fourth-order valence-electron chi connectivity index (χ4n) is 2.57. The average molecular weight is 335 g/mol. The monoisotopic (exact) mass is 335 g/mol. The van der Waals surface area contributed by atoms with E-state index >= 15 is 0 Å². The van der Waals surface area contributed by atoms with Gasteiger partial charge in [-0.25, -0.2) is 0 Å². The third kappa shape index (κ3) is 5.50. The minimum atomic E-state index is -1.04. The first-order valence-electron chi connectivity index (χ1n) is 8.10. The lowest BCUT2D eigenvalue weighted by atomic mass is 10.1. The van der Waals surface area contributed by atoms with E-state index in [4.69, 9.17) is 4.74 Å². The molecule has 2 rings (SSSR count). The number of carboxylic acids is 1. The summed E-state index contributed by atoms with van der Waals surface area (Å²) in [6, 6.07) is 6.45. The molecule has 1 amide bonds. The smallest absolute Gasteiger partial charge is 0.321 e. The lowest BCUT2D eigenvalue weighted by Crippen LogP contribution is -2.43. The zero-order valence-corrected chi connectivity index (χ0v) is 14.1. The van der Waals surface area contributed by atoms with Crippen LogP contribution in [0.3, 0.4) is 0 Å². The fraction of sp³-hybridized carbons (Fsp3) is 0.529. The summed E-state index contributed by atoms with van der Waals surface area (Å²) in [5.74, 6) is -1.37. The molecule has 0 saturated carbocycles. The largest absolute Gasteiger partial charge is 0.480 e. The van der Waals surface area contributed by atoms with Crippen LogP contribution in [0, 0.1) is 0 Å². The van der Waals surface area contributed by atoms with Crippen LogP contribution in [0.4, 0.5) is 11.4 Å². The van der Waals surface area contributed by atoms with Gasteiger partial charge in [0, 0.05) is 38.6 Å². The number of anilines is 2. The van der Waals surface area contributed by atoms with Gasteiger partial charge in [-0.05, 0) is 37.1 Å². The van der Waals surface area contributed by atoms with Crippen LogP contribution in [0.25, 0.3) is 0 Å². The van der Waals surface area contributed by atoms with Gasteiger partial charge in [0.2, 0.25) is 5.91 Å². The van der Waals surface area contributed by atoms with E-state index in [-0.39, 0.29) is 18.4 Å². The molecule has 1 heterocycles. The number of carboxylic acid groups (broad SMARTS) is 1. The summed E-state index contributed by atoms with van der Waals surface area (Å²) >= 11 is 0. The molecule has 24 heavy (non-hydrogen) atoms. The summed E-state index contributed by atoms with van der Waals surface area (Å²) in [7, 11) is 3.87. The molecule has 1 saturated heterocycles. The van der Waals surface area contributed by atoms with Gasteiger partial charge in [0.15, 0.2) is 0 Å². The standard InChI is InChI=1S/C17H25N3O4/c1-20(2)13-7-5-12(6-8-13)19-16(21)10-15(17(22)23)18-11-14-4-3-9-24-14/h5-8,14-15,18H,3-4,9-11H2,1-2H3,(H,19,21)(H,22,23)/t14-,15+/m0/s1. The van der Waals surface area contributed by atoms with Gasteiger partial charge in [-0.2, -0.15) is 0 Å². The van der Waals surface area contributed by atoms with E-state index in [1.807, 2.05) is 31.1 Å². The van der Waals surface area contributed by atoms with E-state index in [2.05, 4.69) is 10.6 Å². The van der Waals surface area contributed by atoms with Crippen LogP contribution >= 0.6 is 0 Å². The predicted molar refractivity (Wildman–Crippen MR) is 92.4 cm³/mol. The number of aliphatic carboxylic acids is 1. The second kappa shape index (κ2) is 8.65. The van der Waals surface area contributed by atoms with Crippen molar-refractivity contribution >= 4 is 23.3 Å².